The van der Waals surface area contributed by atoms with E-state index in [1.54, 1.807) is 50.5 Å². The zero-order chi connectivity index (χ0) is 19.5. The number of amides is 1. The van der Waals surface area contributed by atoms with Crippen LogP contribution in [0.5, 0.6) is 0 Å². The minimum Gasteiger partial charge on any atom is -0.348 e. The van der Waals surface area contributed by atoms with Crippen molar-refractivity contribution in [1.82, 2.24) is 9.88 Å². The summed E-state index contributed by atoms with van der Waals surface area (Å²) >= 11 is 0.849. The number of rotatable bonds is 4. The van der Waals surface area contributed by atoms with Crippen LogP contribution in [0.3, 0.4) is 0 Å². The van der Waals surface area contributed by atoms with Gasteiger partial charge in [0.15, 0.2) is 0 Å². The predicted molar refractivity (Wildman–Crippen MR) is 92.4 cm³/mol. The summed E-state index contributed by atoms with van der Waals surface area (Å²) in [5, 5.41) is 8.37. The maximum absolute atomic E-state index is 13.3. The van der Waals surface area contributed by atoms with Crippen LogP contribution in [0.15, 0.2) is 41.4 Å². The van der Waals surface area contributed by atoms with Crippen molar-refractivity contribution in [3.05, 3.63) is 58.8 Å². The van der Waals surface area contributed by atoms with Crippen molar-refractivity contribution >= 4 is 17.7 Å². The van der Waals surface area contributed by atoms with Gasteiger partial charge in [0, 0.05) is 19.8 Å². The van der Waals surface area contributed by atoms with E-state index in [-0.39, 0.29) is 16.6 Å². The van der Waals surface area contributed by atoms with Gasteiger partial charge in [-0.1, -0.05) is 42.1 Å². The van der Waals surface area contributed by atoms with Crippen molar-refractivity contribution in [2.45, 2.75) is 23.4 Å². The first-order valence-electron chi connectivity index (χ1n) is 7.57. The van der Waals surface area contributed by atoms with Gasteiger partial charge in [0.25, 0.3) is 0 Å². The first-order valence-corrected chi connectivity index (χ1v) is 8.44. The van der Waals surface area contributed by atoms with Crippen molar-refractivity contribution < 1.29 is 18.0 Å². The van der Waals surface area contributed by atoms with E-state index in [4.69, 9.17) is 0 Å². The molecule has 1 aromatic carbocycles. The van der Waals surface area contributed by atoms with Crippen molar-refractivity contribution in [2.75, 3.05) is 14.1 Å². The lowest BCUT2D eigenvalue weighted by molar-refractivity contribution is -0.138. The Labute approximate surface area is 153 Å². The molecule has 0 radical (unpaired) electrons. The molecule has 0 unspecified atom stereocenters. The molecule has 0 saturated heterocycles. The molecule has 136 valence electrons. The quantitative estimate of drug-likeness (QED) is 0.747. The van der Waals surface area contributed by atoms with Crippen LogP contribution < -0.4 is 0 Å². The van der Waals surface area contributed by atoms with Gasteiger partial charge in [0.1, 0.15) is 16.3 Å². The van der Waals surface area contributed by atoms with Gasteiger partial charge in [0.05, 0.1) is 11.1 Å². The number of nitrogens with zero attached hydrogens (tertiary/aromatic N) is 3. The number of likely N-dealkylation sites (N-methyl/N-ethyl adjacent to an activating group) is 1. The number of aryl methyl sites for hydroxylation is 1. The van der Waals surface area contributed by atoms with Crippen molar-refractivity contribution in [3.63, 3.8) is 0 Å². The SMILES string of the molecule is Cc1cc(C(F)(F)F)c(C#N)c(S[C@@H](C(=O)N(C)C)c2ccccc2)n1. The summed E-state index contributed by atoms with van der Waals surface area (Å²) in [5.41, 5.74) is -0.861. The van der Waals surface area contributed by atoms with Crippen LogP contribution in [-0.2, 0) is 11.0 Å². The number of carbonyl (C=O) groups excluding carboxylic acids is 1. The Hall–Kier alpha value is -2.53. The number of hydrogen-bond donors (Lipinski definition) is 0. The number of aromatic nitrogens is 1. The molecule has 2 rings (SSSR count). The second-order valence-corrected chi connectivity index (χ2v) is 6.84. The molecule has 4 nitrogen and oxygen atoms in total. The molecular weight excluding hydrogens is 363 g/mol. The summed E-state index contributed by atoms with van der Waals surface area (Å²) in [5.74, 6) is -0.304. The summed E-state index contributed by atoms with van der Waals surface area (Å²) < 4.78 is 39.8. The molecule has 0 N–H and O–H groups in total. The molecule has 1 aromatic heterocycles. The lowest BCUT2D eigenvalue weighted by atomic mass is 10.1. The lowest BCUT2D eigenvalue weighted by Crippen LogP contribution is -2.27. The highest BCUT2D eigenvalue weighted by Gasteiger charge is 2.36. The van der Waals surface area contributed by atoms with E-state index in [9.17, 15) is 23.2 Å². The Balaban J connectivity index is 2.57. The molecule has 0 saturated carbocycles. The molecule has 26 heavy (non-hydrogen) atoms. The van der Waals surface area contributed by atoms with Crippen molar-refractivity contribution in [2.24, 2.45) is 0 Å². The van der Waals surface area contributed by atoms with Crippen molar-refractivity contribution in [3.8, 4) is 6.07 Å². The Bertz CT molecular complexity index is 845. The minimum absolute atomic E-state index is 0.108. The van der Waals surface area contributed by atoms with Crippen LogP contribution in [0.2, 0.25) is 0 Å². The van der Waals surface area contributed by atoms with E-state index in [2.05, 4.69) is 4.98 Å². The average molecular weight is 379 g/mol. The predicted octanol–water partition coefficient (Wildman–Crippen LogP) is 4.20. The van der Waals surface area contributed by atoms with Crippen LogP contribution in [-0.4, -0.2) is 29.9 Å². The average Bonchev–Trinajstić information content (AvgIpc) is 2.58. The van der Waals surface area contributed by atoms with E-state index < -0.39 is 22.6 Å². The fourth-order valence-electron chi connectivity index (χ4n) is 2.30. The molecule has 8 heteroatoms. The van der Waals surface area contributed by atoms with E-state index in [1.807, 2.05) is 0 Å². The van der Waals surface area contributed by atoms with E-state index in [1.165, 1.54) is 11.8 Å². The molecule has 1 amide bonds. The topological polar surface area (TPSA) is 57.0 Å². The number of pyridine rings is 1. The van der Waals surface area contributed by atoms with Gasteiger partial charge in [-0.15, -0.1) is 0 Å². The first kappa shape index (κ1) is 19.8. The highest BCUT2D eigenvalue weighted by Crippen LogP contribution is 2.41. The Morgan fingerprint density at radius 3 is 2.38 bits per heavy atom. The van der Waals surface area contributed by atoms with Gasteiger partial charge in [-0.3, -0.25) is 4.79 Å². The molecule has 0 spiro atoms. The third kappa shape index (κ3) is 4.35. The molecule has 0 aliphatic carbocycles. The van der Waals surface area contributed by atoms with Crippen LogP contribution >= 0.6 is 11.8 Å². The Morgan fingerprint density at radius 1 is 1.27 bits per heavy atom. The summed E-state index contributed by atoms with van der Waals surface area (Å²) in [6, 6.07) is 11.1. The Morgan fingerprint density at radius 2 is 1.88 bits per heavy atom. The lowest BCUT2D eigenvalue weighted by Gasteiger charge is -2.21. The van der Waals surface area contributed by atoms with Gasteiger partial charge in [-0.2, -0.15) is 18.4 Å². The van der Waals surface area contributed by atoms with Crippen molar-refractivity contribution in [1.29, 1.82) is 5.26 Å². The second kappa shape index (κ2) is 7.79. The monoisotopic (exact) mass is 379 g/mol. The summed E-state index contributed by atoms with van der Waals surface area (Å²) in [6.07, 6.45) is -4.68. The number of thioether (sulfide) groups is 1. The van der Waals surface area contributed by atoms with Crippen LogP contribution in [0, 0.1) is 18.3 Å². The zero-order valence-electron chi connectivity index (χ0n) is 14.3. The molecule has 0 fully saturated rings. The summed E-state index contributed by atoms with van der Waals surface area (Å²) in [7, 11) is 3.13. The summed E-state index contributed by atoms with van der Waals surface area (Å²) in [6.45, 7) is 1.42. The maximum Gasteiger partial charge on any atom is 0.417 e. The second-order valence-electron chi connectivity index (χ2n) is 5.74. The fourth-order valence-corrected chi connectivity index (χ4v) is 3.59. The molecule has 1 atom stereocenters. The maximum atomic E-state index is 13.3. The minimum atomic E-state index is -4.68. The van der Waals surface area contributed by atoms with Crippen LogP contribution in [0.25, 0.3) is 0 Å². The highest BCUT2D eigenvalue weighted by atomic mass is 32.2. The number of hydrogen-bond acceptors (Lipinski definition) is 4. The number of carbonyl (C=O) groups is 1. The Kier molecular flexibility index (Phi) is 5.93. The van der Waals surface area contributed by atoms with Gasteiger partial charge < -0.3 is 4.90 Å². The largest absolute Gasteiger partial charge is 0.417 e. The molecule has 2 aromatic rings. The smallest absolute Gasteiger partial charge is 0.348 e. The van der Waals surface area contributed by atoms with Gasteiger partial charge in [-0.25, -0.2) is 4.98 Å². The van der Waals surface area contributed by atoms with E-state index in [0.29, 0.717) is 5.56 Å². The molecule has 0 aliphatic heterocycles. The summed E-state index contributed by atoms with van der Waals surface area (Å²) in [4.78, 5) is 18.0. The van der Waals surface area contributed by atoms with Gasteiger partial charge >= 0.3 is 6.18 Å². The number of alkyl halides is 3. The van der Waals surface area contributed by atoms with E-state index >= 15 is 0 Å². The molecular formula is C18H16F3N3OS. The third-order valence-corrected chi connectivity index (χ3v) is 4.76. The van der Waals surface area contributed by atoms with Crippen LogP contribution in [0.1, 0.15) is 27.6 Å². The normalized spacial score (nSPS) is 12.3. The third-order valence-electron chi connectivity index (χ3n) is 3.53. The molecule has 1 heterocycles. The van der Waals surface area contributed by atoms with E-state index in [0.717, 1.165) is 17.8 Å². The first-order chi connectivity index (χ1) is 12.1. The number of benzene rings is 1. The number of halogens is 3. The van der Waals surface area contributed by atoms with Crippen LogP contribution in [0.4, 0.5) is 13.2 Å². The highest BCUT2D eigenvalue weighted by molar-refractivity contribution is 8.00. The molecule has 0 bridgehead atoms. The standard InChI is InChI=1S/C18H16F3N3OS/c1-11-9-14(18(19,20)21)13(10-22)16(23-11)26-15(17(25)24(2)3)12-7-5-4-6-8-12/h4-9,15H,1-3H3/t15-/m1/s1. The zero-order valence-corrected chi connectivity index (χ0v) is 15.1. The van der Waals surface area contributed by atoms with Gasteiger partial charge in [0.2, 0.25) is 5.91 Å². The van der Waals surface area contributed by atoms with Gasteiger partial charge in [-0.05, 0) is 18.6 Å². The fraction of sp³-hybridized carbons (Fsp3) is 0.278. The number of nitriles is 1. The molecule has 0 aliphatic rings.